The minimum atomic E-state index is -4.41. The van der Waals surface area contributed by atoms with Gasteiger partial charge in [0.1, 0.15) is 0 Å². The standard InChI is InChI=1S/C12H17F3N4OS/c13-12(14,15)10-16-17-11(21-10)19-5-3-18(4-6-19)8-9-2-1-7-20-9/h9H,1-8H2/t9-/m0/s1. The van der Waals surface area contributed by atoms with Gasteiger partial charge in [-0.2, -0.15) is 13.2 Å². The molecule has 0 unspecified atom stereocenters. The number of alkyl halides is 3. The maximum absolute atomic E-state index is 12.5. The fraction of sp³-hybridized carbons (Fsp3) is 0.833. The summed E-state index contributed by atoms with van der Waals surface area (Å²) in [7, 11) is 0. The number of nitrogens with zero attached hydrogens (tertiary/aromatic N) is 4. The van der Waals surface area contributed by atoms with E-state index in [0.717, 1.165) is 39.1 Å². The van der Waals surface area contributed by atoms with Gasteiger partial charge in [0, 0.05) is 39.3 Å². The first kappa shape index (κ1) is 15.0. The first-order valence-electron chi connectivity index (χ1n) is 7.02. The molecule has 9 heteroatoms. The molecule has 1 aromatic rings. The van der Waals surface area contributed by atoms with Gasteiger partial charge in [-0.05, 0) is 12.8 Å². The Morgan fingerprint density at radius 3 is 2.52 bits per heavy atom. The zero-order chi connectivity index (χ0) is 14.9. The Balaban J connectivity index is 1.52. The summed E-state index contributed by atoms with van der Waals surface area (Å²) in [5, 5.41) is 6.38. The number of hydrogen-bond acceptors (Lipinski definition) is 6. The molecule has 0 amide bonds. The maximum atomic E-state index is 12.5. The van der Waals surface area contributed by atoms with Crippen molar-refractivity contribution in [2.45, 2.75) is 25.1 Å². The Morgan fingerprint density at radius 2 is 1.95 bits per heavy atom. The van der Waals surface area contributed by atoms with Crippen LogP contribution in [-0.4, -0.2) is 60.5 Å². The first-order valence-corrected chi connectivity index (χ1v) is 7.83. The normalized spacial score (nSPS) is 24.7. The van der Waals surface area contributed by atoms with Crippen LogP contribution in [0.25, 0.3) is 0 Å². The average molecular weight is 322 g/mol. The molecule has 118 valence electrons. The zero-order valence-electron chi connectivity index (χ0n) is 11.5. The lowest BCUT2D eigenvalue weighted by Crippen LogP contribution is -2.48. The molecule has 2 aliphatic rings. The van der Waals surface area contributed by atoms with Gasteiger partial charge < -0.3 is 9.64 Å². The molecular weight excluding hydrogens is 305 g/mol. The third-order valence-electron chi connectivity index (χ3n) is 3.79. The van der Waals surface area contributed by atoms with E-state index >= 15 is 0 Å². The van der Waals surface area contributed by atoms with Gasteiger partial charge in [0.15, 0.2) is 0 Å². The third kappa shape index (κ3) is 3.64. The number of ether oxygens (including phenoxy) is 1. The fourth-order valence-corrected chi connectivity index (χ4v) is 3.42. The van der Waals surface area contributed by atoms with Gasteiger partial charge in [0.05, 0.1) is 6.10 Å². The minimum absolute atomic E-state index is 0.315. The molecule has 0 spiro atoms. The van der Waals surface area contributed by atoms with Crippen molar-refractivity contribution in [1.82, 2.24) is 15.1 Å². The van der Waals surface area contributed by atoms with Crippen LogP contribution >= 0.6 is 11.3 Å². The molecule has 0 bridgehead atoms. The Bertz CT molecular complexity index is 467. The van der Waals surface area contributed by atoms with Gasteiger partial charge in [-0.1, -0.05) is 11.3 Å². The largest absolute Gasteiger partial charge is 0.445 e. The molecular formula is C12H17F3N4OS. The zero-order valence-corrected chi connectivity index (χ0v) is 12.3. The molecule has 2 saturated heterocycles. The molecule has 2 fully saturated rings. The number of rotatable bonds is 3. The van der Waals surface area contributed by atoms with Crippen LogP contribution in [0.1, 0.15) is 17.8 Å². The molecule has 5 nitrogen and oxygen atoms in total. The van der Waals surface area contributed by atoms with Gasteiger partial charge in [0.2, 0.25) is 10.1 Å². The van der Waals surface area contributed by atoms with Crippen molar-refractivity contribution < 1.29 is 17.9 Å². The topological polar surface area (TPSA) is 41.5 Å². The molecule has 0 aromatic carbocycles. The maximum Gasteiger partial charge on any atom is 0.445 e. The molecule has 0 aliphatic carbocycles. The molecule has 0 N–H and O–H groups in total. The van der Waals surface area contributed by atoms with Crippen LogP contribution in [-0.2, 0) is 10.9 Å². The summed E-state index contributed by atoms with van der Waals surface area (Å²) in [5.74, 6) is 0. The van der Waals surface area contributed by atoms with Crippen LogP contribution in [0.5, 0.6) is 0 Å². The Morgan fingerprint density at radius 1 is 1.19 bits per heavy atom. The molecule has 3 heterocycles. The van der Waals surface area contributed by atoms with Crippen LogP contribution in [0.2, 0.25) is 0 Å². The summed E-state index contributed by atoms with van der Waals surface area (Å²) in [4.78, 5) is 4.18. The molecule has 0 saturated carbocycles. The van der Waals surface area contributed by atoms with Crippen LogP contribution in [0, 0.1) is 0 Å². The van der Waals surface area contributed by atoms with Crippen molar-refractivity contribution in [3.05, 3.63) is 5.01 Å². The second-order valence-electron chi connectivity index (χ2n) is 5.31. The van der Waals surface area contributed by atoms with Gasteiger partial charge in [-0.25, -0.2) is 0 Å². The predicted molar refractivity (Wildman–Crippen MR) is 72.5 cm³/mol. The van der Waals surface area contributed by atoms with Crippen LogP contribution in [0.15, 0.2) is 0 Å². The summed E-state index contributed by atoms with van der Waals surface area (Å²) in [6, 6.07) is 0. The second kappa shape index (κ2) is 6.05. The fourth-order valence-electron chi connectivity index (χ4n) is 2.66. The highest BCUT2D eigenvalue weighted by Crippen LogP contribution is 2.34. The van der Waals surface area contributed by atoms with Crippen LogP contribution < -0.4 is 4.90 Å². The van der Waals surface area contributed by atoms with Crippen LogP contribution in [0.3, 0.4) is 0 Å². The molecule has 2 aliphatic heterocycles. The van der Waals surface area contributed by atoms with Crippen LogP contribution in [0.4, 0.5) is 18.3 Å². The first-order chi connectivity index (χ1) is 10.0. The third-order valence-corrected chi connectivity index (χ3v) is 4.81. The molecule has 1 aromatic heterocycles. The predicted octanol–water partition coefficient (Wildman–Crippen LogP) is 1.86. The summed E-state index contributed by atoms with van der Waals surface area (Å²) in [5.41, 5.74) is 0. The Kier molecular flexibility index (Phi) is 4.32. The van der Waals surface area contributed by atoms with Crippen molar-refractivity contribution in [2.24, 2.45) is 0 Å². The van der Waals surface area contributed by atoms with E-state index in [4.69, 9.17) is 4.74 Å². The Labute approximate surface area is 124 Å². The highest BCUT2D eigenvalue weighted by atomic mass is 32.1. The number of anilines is 1. The van der Waals surface area contributed by atoms with Gasteiger partial charge in [0.25, 0.3) is 0 Å². The molecule has 0 radical (unpaired) electrons. The average Bonchev–Trinajstić information content (AvgIpc) is 3.09. The summed E-state index contributed by atoms with van der Waals surface area (Å²) in [6.45, 7) is 4.76. The van der Waals surface area contributed by atoms with Gasteiger partial charge >= 0.3 is 6.18 Å². The van der Waals surface area contributed by atoms with E-state index in [1.807, 2.05) is 4.90 Å². The minimum Gasteiger partial charge on any atom is -0.377 e. The van der Waals surface area contributed by atoms with Crippen molar-refractivity contribution in [3.8, 4) is 0 Å². The lowest BCUT2D eigenvalue weighted by Gasteiger charge is -2.35. The second-order valence-corrected chi connectivity index (χ2v) is 6.27. The van der Waals surface area contributed by atoms with E-state index in [1.54, 1.807) is 0 Å². The highest BCUT2D eigenvalue weighted by molar-refractivity contribution is 7.15. The van der Waals surface area contributed by atoms with Gasteiger partial charge in [-0.3, -0.25) is 4.90 Å². The van der Waals surface area contributed by atoms with E-state index in [2.05, 4.69) is 15.1 Å². The van der Waals surface area contributed by atoms with Gasteiger partial charge in [-0.15, -0.1) is 10.2 Å². The lowest BCUT2D eigenvalue weighted by molar-refractivity contribution is -0.138. The summed E-state index contributed by atoms with van der Waals surface area (Å²) >= 11 is 0.616. The van der Waals surface area contributed by atoms with E-state index in [9.17, 15) is 13.2 Å². The van der Waals surface area contributed by atoms with E-state index in [0.29, 0.717) is 35.7 Å². The van der Waals surface area contributed by atoms with Crippen molar-refractivity contribution in [3.63, 3.8) is 0 Å². The number of halogens is 3. The molecule has 21 heavy (non-hydrogen) atoms. The lowest BCUT2D eigenvalue weighted by atomic mass is 10.2. The van der Waals surface area contributed by atoms with E-state index in [-0.39, 0.29) is 0 Å². The van der Waals surface area contributed by atoms with Crippen molar-refractivity contribution in [1.29, 1.82) is 0 Å². The number of aromatic nitrogens is 2. The van der Waals surface area contributed by atoms with E-state index < -0.39 is 11.2 Å². The highest BCUT2D eigenvalue weighted by Gasteiger charge is 2.36. The van der Waals surface area contributed by atoms with Crippen molar-refractivity contribution >= 4 is 16.5 Å². The summed E-state index contributed by atoms with van der Waals surface area (Å²) in [6.07, 6.45) is -1.87. The van der Waals surface area contributed by atoms with Crippen molar-refractivity contribution in [2.75, 3.05) is 44.2 Å². The smallest absolute Gasteiger partial charge is 0.377 e. The summed E-state index contributed by atoms with van der Waals surface area (Å²) < 4.78 is 43.2. The molecule has 3 rings (SSSR count). The molecule has 1 atom stereocenters. The SMILES string of the molecule is FC(F)(F)c1nnc(N2CCN(C[C@@H]3CCCO3)CC2)s1. The quantitative estimate of drug-likeness (QED) is 0.850. The number of hydrogen-bond donors (Lipinski definition) is 0. The Hall–Kier alpha value is -0.930. The monoisotopic (exact) mass is 322 g/mol. The number of piperazine rings is 1. The van der Waals surface area contributed by atoms with E-state index in [1.165, 1.54) is 0 Å².